The van der Waals surface area contributed by atoms with E-state index in [1.54, 1.807) is 0 Å². The van der Waals surface area contributed by atoms with E-state index in [2.05, 4.69) is 0 Å². The van der Waals surface area contributed by atoms with Crippen LogP contribution in [0, 0.1) is 47.3 Å². The van der Waals surface area contributed by atoms with Crippen molar-refractivity contribution in [2.75, 3.05) is 0 Å². The fourth-order valence-electron chi connectivity index (χ4n) is 6.11. The fraction of sp³-hybridized carbons (Fsp3) is 0.923. The van der Waals surface area contributed by atoms with E-state index < -0.39 is 0 Å². The van der Waals surface area contributed by atoms with E-state index in [9.17, 15) is 4.79 Å². The molecular weight excluding hydrogens is 172 g/mol. The van der Waals surface area contributed by atoms with Crippen molar-refractivity contribution in [3.63, 3.8) is 0 Å². The van der Waals surface area contributed by atoms with Crippen LogP contribution in [-0.2, 0) is 4.79 Å². The van der Waals surface area contributed by atoms with Gasteiger partial charge in [-0.05, 0) is 60.7 Å². The van der Waals surface area contributed by atoms with E-state index in [1.807, 2.05) is 0 Å². The molecule has 0 amide bonds. The van der Waals surface area contributed by atoms with Crippen LogP contribution in [-0.4, -0.2) is 5.78 Å². The number of ketones is 1. The van der Waals surface area contributed by atoms with Gasteiger partial charge in [0.25, 0.3) is 0 Å². The Balaban J connectivity index is 1.52. The number of hydrogen-bond donors (Lipinski definition) is 0. The van der Waals surface area contributed by atoms with Crippen molar-refractivity contribution in [3.8, 4) is 0 Å². The summed E-state index contributed by atoms with van der Waals surface area (Å²) in [5.41, 5.74) is 0. The minimum absolute atomic E-state index is 0.572. The first-order valence-corrected chi connectivity index (χ1v) is 6.40. The van der Waals surface area contributed by atoms with Gasteiger partial charge in [-0.25, -0.2) is 0 Å². The van der Waals surface area contributed by atoms with Crippen molar-refractivity contribution >= 4 is 5.78 Å². The van der Waals surface area contributed by atoms with E-state index in [0.717, 1.165) is 47.8 Å². The van der Waals surface area contributed by atoms with Crippen LogP contribution in [0.5, 0.6) is 0 Å². The third kappa shape index (κ3) is 0.461. The van der Waals surface area contributed by atoms with Crippen LogP contribution in [0.4, 0.5) is 0 Å². The highest BCUT2D eigenvalue weighted by molar-refractivity contribution is 5.85. The first-order valence-electron chi connectivity index (χ1n) is 6.40. The molecule has 5 saturated carbocycles. The van der Waals surface area contributed by atoms with Gasteiger partial charge in [-0.3, -0.25) is 4.79 Å². The summed E-state index contributed by atoms with van der Waals surface area (Å²) in [7, 11) is 0. The lowest BCUT2D eigenvalue weighted by Gasteiger charge is -2.80. The molecular formula is C13H16O. The van der Waals surface area contributed by atoms with Gasteiger partial charge >= 0.3 is 0 Å². The molecule has 5 fully saturated rings. The van der Waals surface area contributed by atoms with E-state index in [0.29, 0.717) is 11.7 Å². The molecule has 74 valence electrons. The number of Topliss-reactive ketones (excluding diaryl/α,β-unsaturated/α-hetero) is 1. The Labute approximate surface area is 84.3 Å². The van der Waals surface area contributed by atoms with Gasteiger partial charge in [0, 0.05) is 12.3 Å². The second-order valence-electron chi connectivity index (χ2n) is 6.41. The molecule has 8 atom stereocenters. The molecule has 5 rings (SSSR count). The van der Waals surface area contributed by atoms with Crippen molar-refractivity contribution in [1.29, 1.82) is 0 Å². The molecule has 8 unspecified atom stereocenters. The van der Waals surface area contributed by atoms with Crippen LogP contribution in [0.3, 0.4) is 0 Å². The Hall–Kier alpha value is -0.330. The molecule has 1 nitrogen and oxygen atoms in total. The lowest BCUT2D eigenvalue weighted by Crippen LogP contribution is -2.76. The van der Waals surface area contributed by atoms with Crippen molar-refractivity contribution in [1.82, 2.24) is 0 Å². The summed E-state index contributed by atoms with van der Waals surface area (Å²) in [5.74, 6) is 8.41. The number of rotatable bonds is 0. The number of carbonyl (C=O) groups excluding carboxylic acids is 1. The van der Waals surface area contributed by atoms with Crippen LogP contribution < -0.4 is 0 Å². The summed E-state index contributed by atoms with van der Waals surface area (Å²) in [6.45, 7) is 0. The quantitative estimate of drug-likeness (QED) is 0.532. The zero-order valence-electron chi connectivity index (χ0n) is 8.36. The molecule has 0 radical (unpaired) electrons. The summed E-state index contributed by atoms with van der Waals surface area (Å²) in [4.78, 5) is 11.7. The second-order valence-corrected chi connectivity index (χ2v) is 6.41. The lowest BCUT2D eigenvalue weighted by atomic mass is 9.24. The van der Waals surface area contributed by atoms with Gasteiger partial charge in [-0.15, -0.1) is 0 Å². The minimum Gasteiger partial charge on any atom is -0.299 e. The molecule has 0 heterocycles. The third-order valence-electron chi connectivity index (χ3n) is 6.62. The van der Waals surface area contributed by atoms with Crippen molar-refractivity contribution in [2.24, 2.45) is 47.3 Å². The molecule has 0 N–H and O–H groups in total. The molecule has 0 aromatic heterocycles. The Bertz CT molecular complexity index is 347. The molecule has 0 saturated heterocycles. The molecule has 0 bridgehead atoms. The van der Waals surface area contributed by atoms with Gasteiger partial charge in [-0.1, -0.05) is 0 Å². The zero-order chi connectivity index (χ0) is 9.02. The Kier molecular flexibility index (Phi) is 0.921. The normalized spacial score (nSPS) is 71.3. The summed E-state index contributed by atoms with van der Waals surface area (Å²) in [5, 5.41) is 0. The summed E-state index contributed by atoms with van der Waals surface area (Å²) >= 11 is 0. The van der Waals surface area contributed by atoms with Gasteiger partial charge < -0.3 is 0 Å². The van der Waals surface area contributed by atoms with Gasteiger partial charge in [0.15, 0.2) is 0 Å². The van der Waals surface area contributed by atoms with E-state index in [4.69, 9.17) is 0 Å². The monoisotopic (exact) mass is 188 g/mol. The lowest BCUT2D eigenvalue weighted by molar-refractivity contribution is -0.325. The van der Waals surface area contributed by atoms with Gasteiger partial charge in [0.2, 0.25) is 0 Å². The van der Waals surface area contributed by atoms with Crippen LogP contribution in [0.15, 0.2) is 0 Å². The first kappa shape index (κ1) is 7.03. The fourth-order valence-corrected chi connectivity index (χ4v) is 6.11. The topological polar surface area (TPSA) is 17.1 Å². The number of carbonyl (C=O) groups is 1. The summed E-state index contributed by atoms with van der Waals surface area (Å²) < 4.78 is 0. The highest BCUT2D eigenvalue weighted by atomic mass is 16.1. The van der Waals surface area contributed by atoms with Gasteiger partial charge in [0.1, 0.15) is 5.78 Å². The molecule has 0 spiro atoms. The van der Waals surface area contributed by atoms with Crippen molar-refractivity contribution < 1.29 is 4.79 Å². The second kappa shape index (κ2) is 1.83. The van der Waals surface area contributed by atoms with Gasteiger partial charge in [-0.2, -0.15) is 0 Å². The zero-order valence-corrected chi connectivity index (χ0v) is 8.36. The average molecular weight is 188 g/mol. The largest absolute Gasteiger partial charge is 0.299 e. The summed E-state index contributed by atoms with van der Waals surface area (Å²) in [6.07, 6.45) is 5.21. The molecule has 0 aromatic rings. The maximum absolute atomic E-state index is 11.7. The molecule has 1 heteroatoms. The van der Waals surface area contributed by atoms with Crippen LogP contribution in [0.1, 0.15) is 25.7 Å². The smallest absolute Gasteiger partial charge is 0.136 e. The third-order valence-corrected chi connectivity index (χ3v) is 6.62. The van der Waals surface area contributed by atoms with Crippen molar-refractivity contribution in [3.05, 3.63) is 0 Å². The SMILES string of the molecule is O=C1CCC2C1C1C3C4CCC4C3C21. The van der Waals surface area contributed by atoms with Gasteiger partial charge in [0.05, 0.1) is 0 Å². The highest BCUT2D eigenvalue weighted by Crippen LogP contribution is 2.81. The van der Waals surface area contributed by atoms with Crippen molar-refractivity contribution in [2.45, 2.75) is 25.7 Å². The van der Waals surface area contributed by atoms with E-state index in [1.165, 1.54) is 19.3 Å². The number of fused-ring (bicyclic) bond motifs is 10. The Morgan fingerprint density at radius 2 is 1.43 bits per heavy atom. The Morgan fingerprint density at radius 3 is 2.14 bits per heavy atom. The molecule has 0 aromatic carbocycles. The maximum atomic E-state index is 11.7. The predicted octanol–water partition coefficient (Wildman–Crippen LogP) is 2.11. The molecule has 14 heavy (non-hydrogen) atoms. The average Bonchev–Trinajstić information content (AvgIpc) is 2.40. The molecule has 5 aliphatic carbocycles. The Morgan fingerprint density at radius 1 is 0.786 bits per heavy atom. The van der Waals surface area contributed by atoms with Crippen LogP contribution >= 0.6 is 0 Å². The standard InChI is InChI=1S/C13H16O/c14-8-4-3-7-9(8)13-11-6-2-1-5(6)10(11)12(7)13/h5-7,9-13H,1-4H2. The highest BCUT2D eigenvalue weighted by Gasteiger charge is 2.78. The van der Waals surface area contributed by atoms with E-state index >= 15 is 0 Å². The van der Waals surface area contributed by atoms with Crippen LogP contribution in [0.2, 0.25) is 0 Å². The maximum Gasteiger partial charge on any atom is 0.136 e. The van der Waals surface area contributed by atoms with Crippen LogP contribution in [0.25, 0.3) is 0 Å². The molecule has 5 aliphatic rings. The molecule has 0 aliphatic heterocycles. The summed E-state index contributed by atoms with van der Waals surface area (Å²) in [6, 6.07) is 0. The first-order chi connectivity index (χ1) is 6.88. The minimum atomic E-state index is 0.572. The number of hydrogen-bond acceptors (Lipinski definition) is 1. The van der Waals surface area contributed by atoms with E-state index in [-0.39, 0.29) is 0 Å². The predicted molar refractivity (Wildman–Crippen MR) is 51.4 cm³/mol.